The van der Waals surface area contributed by atoms with Crippen molar-refractivity contribution in [1.82, 2.24) is 4.98 Å². The lowest BCUT2D eigenvalue weighted by molar-refractivity contribution is 0.644. The van der Waals surface area contributed by atoms with Crippen LogP contribution in [0.15, 0.2) is 5.03 Å². The number of alkyl halides is 1. The van der Waals surface area contributed by atoms with Crippen molar-refractivity contribution in [3.8, 4) is 0 Å². The molecule has 1 aliphatic carbocycles. The third-order valence-corrected chi connectivity index (χ3v) is 3.89. The van der Waals surface area contributed by atoms with Gasteiger partial charge >= 0.3 is 0 Å². The SMILES string of the molecule is Cc1[nH]c2c(c1CC(C)C)C=C(Cl)C(Cl)C2. The highest BCUT2D eigenvalue weighted by atomic mass is 35.5. The highest BCUT2D eigenvalue weighted by Gasteiger charge is 2.23. The third-order valence-electron chi connectivity index (χ3n) is 3.02. The number of H-pyrrole nitrogens is 1. The molecule has 0 bridgehead atoms. The molecule has 1 nitrogen and oxygen atoms in total. The highest BCUT2D eigenvalue weighted by molar-refractivity contribution is 6.39. The molecule has 0 saturated heterocycles. The summed E-state index contributed by atoms with van der Waals surface area (Å²) in [5.41, 5.74) is 5.16. The van der Waals surface area contributed by atoms with Crippen molar-refractivity contribution in [2.75, 3.05) is 0 Å². The summed E-state index contributed by atoms with van der Waals surface area (Å²) in [4.78, 5) is 3.43. The van der Waals surface area contributed by atoms with E-state index in [1.54, 1.807) is 0 Å². The zero-order valence-electron chi connectivity index (χ0n) is 9.90. The highest BCUT2D eigenvalue weighted by Crippen LogP contribution is 2.33. The van der Waals surface area contributed by atoms with E-state index >= 15 is 0 Å². The molecule has 1 atom stereocenters. The van der Waals surface area contributed by atoms with E-state index in [1.807, 2.05) is 6.08 Å². The minimum Gasteiger partial charge on any atom is -0.362 e. The Labute approximate surface area is 107 Å². The summed E-state index contributed by atoms with van der Waals surface area (Å²) in [6.45, 7) is 6.59. The second kappa shape index (κ2) is 4.46. The van der Waals surface area contributed by atoms with Gasteiger partial charge in [-0.05, 0) is 36.5 Å². The van der Waals surface area contributed by atoms with Crippen LogP contribution in [0.25, 0.3) is 6.08 Å². The minimum atomic E-state index is -0.0703. The summed E-state index contributed by atoms with van der Waals surface area (Å²) in [7, 11) is 0. The fraction of sp³-hybridized carbons (Fsp3) is 0.538. The topological polar surface area (TPSA) is 15.8 Å². The Balaban J connectivity index is 2.44. The van der Waals surface area contributed by atoms with Crippen LogP contribution < -0.4 is 0 Å². The fourth-order valence-corrected chi connectivity index (χ4v) is 2.67. The largest absolute Gasteiger partial charge is 0.362 e. The Hall–Kier alpha value is -0.400. The second-order valence-electron chi connectivity index (χ2n) is 4.92. The van der Waals surface area contributed by atoms with Crippen LogP contribution in [-0.4, -0.2) is 10.4 Å². The molecule has 3 heteroatoms. The van der Waals surface area contributed by atoms with Crippen molar-refractivity contribution in [1.29, 1.82) is 0 Å². The smallest absolute Gasteiger partial charge is 0.0747 e. The summed E-state index contributed by atoms with van der Waals surface area (Å²) >= 11 is 12.3. The van der Waals surface area contributed by atoms with Crippen molar-refractivity contribution in [2.24, 2.45) is 5.92 Å². The summed E-state index contributed by atoms with van der Waals surface area (Å²) in [5.74, 6) is 0.652. The van der Waals surface area contributed by atoms with Crippen LogP contribution in [0.4, 0.5) is 0 Å². The number of allylic oxidation sites excluding steroid dienone is 1. The van der Waals surface area contributed by atoms with Crippen LogP contribution in [0, 0.1) is 12.8 Å². The van der Waals surface area contributed by atoms with Gasteiger partial charge in [0, 0.05) is 22.8 Å². The predicted molar refractivity (Wildman–Crippen MR) is 71.2 cm³/mol. The molecule has 1 aliphatic rings. The van der Waals surface area contributed by atoms with Gasteiger partial charge in [-0.15, -0.1) is 11.6 Å². The number of aromatic amines is 1. The monoisotopic (exact) mass is 257 g/mol. The van der Waals surface area contributed by atoms with E-state index in [9.17, 15) is 0 Å². The molecular weight excluding hydrogens is 241 g/mol. The van der Waals surface area contributed by atoms with Gasteiger partial charge in [0.2, 0.25) is 0 Å². The summed E-state index contributed by atoms with van der Waals surface area (Å²) in [5, 5.41) is 0.692. The van der Waals surface area contributed by atoms with Gasteiger partial charge in [-0.3, -0.25) is 0 Å². The van der Waals surface area contributed by atoms with E-state index in [0.717, 1.165) is 17.9 Å². The van der Waals surface area contributed by atoms with Crippen LogP contribution in [0.2, 0.25) is 0 Å². The van der Waals surface area contributed by atoms with Crippen molar-refractivity contribution < 1.29 is 0 Å². The number of hydrogen-bond acceptors (Lipinski definition) is 0. The molecule has 2 rings (SSSR count). The van der Waals surface area contributed by atoms with E-state index in [0.29, 0.717) is 5.92 Å². The van der Waals surface area contributed by atoms with Gasteiger partial charge in [0.05, 0.1) is 5.38 Å². The zero-order valence-corrected chi connectivity index (χ0v) is 11.4. The summed E-state index contributed by atoms with van der Waals surface area (Å²) < 4.78 is 0. The molecule has 0 aliphatic heterocycles. The summed E-state index contributed by atoms with van der Waals surface area (Å²) in [6.07, 6.45) is 3.93. The van der Waals surface area contributed by atoms with Crippen LogP contribution in [0.3, 0.4) is 0 Å². The van der Waals surface area contributed by atoms with E-state index < -0.39 is 0 Å². The Morgan fingerprint density at radius 2 is 2.19 bits per heavy atom. The third kappa shape index (κ3) is 2.16. The number of rotatable bonds is 2. The van der Waals surface area contributed by atoms with Crippen LogP contribution >= 0.6 is 23.2 Å². The number of aryl methyl sites for hydroxylation is 1. The van der Waals surface area contributed by atoms with Gasteiger partial charge in [0.15, 0.2) is 0 Å². The maximum atomic E-state index is 6.14. The van der Waals surface area contributed by atoms with Gasteiger partial charge in [0.25, 0.3) is 0 Å². The maximum absolute atomic E-state index is 6.14. The maximum Gasteiger partial charge on any atom is 0.0747 e. The molecule has 0 spiro atoms. The van der Waals surface area contributed by atoms with E-state index in [-0.39, 0.29) is 5.38 Å². The average Bonchev–Trinajstić information content (AvgIpc) is 2.45. The van der Waals surface area contributed by atoms with Gasteiger partial charge in [-0.25, -0.2) is 0 Å². The first-order valence-electron chi connectivity index (χ1n) is 5.70. The molecule has 0 fully saturated rings. The normalized spacial score (nSPS) is 19.9. The molecule has 0 aromatic carbocycles. The number of halogens is 2. The number of aromatic nitrogens is 1. The van der Waals surface area contributed by atoms with Gasteiger partial charge in [-0.2, -0.15) is 0 Å². The molecule has 88 valence electrons. The fourth-order valence-electron chi connectivity index (χ4n) is 2.26. The minimum absolute atomic E-state index is 0.0703. The molecule has 1 heterocycles. The van der Waals surface area contributed by atoms with Crippen molar-refractivity contribution in [2.45, 2.75) is 39.0 Å². The van der Waals surface area contributed by atoms with Crippen molar-refractivity contribution >= 4 is 29.3 Å². The Morgan fingerprint density at radius 1 is 1.50 bits per heavy atom. The molecule has 16 heavy (non-hydrogen) atoms. The molecular formula is C13H17Cl2N. The second-order valence-corrected chi connectivity index (χ2v) is 5.88. The zero-order chi connectivity index (χ0) is 11.9. The first-order chi connectivity index (χ1) is 7.49. The van der Waals surface area contributed by atoms with Gasteiger partial charge in [0.1, 0.15) is 0 Å². The molecule has 1 unspecified atom stereocenters. The Morgan fingerprint density at radius 3 is 2.81 bits per heavy atom. The van der Waals surface area contributed by atoms with Crippen molar-refractivity contribution in [3.63, 3.8) is 0 Å². The average molecular weight is 258 g/mol. The Kier molecular flexibility index (Phi) is 3.37. The van der Waals surface area contributed by atoms with Gasteiger partial charge in [-0.1, -0.05) is 25.4 Å². The lowest BCUT2D eigenvalue weighted by Gasteiger charge is -2.15. The molecule has 1 N–H and O–H groups in total. The van der Waals surface area contributed by atoms with E-state index in [4.69, 9.17) is 23.2 Å². The van der Waals surface area contributed by atoms with Crippen LogP contribution in [0.1, 0.15) is 36.4 Å². The van der Waals surface area contributed by atoms with E-state index in [1.165, 1.54) is 22.5 Å². The Bertz CT molecular complexity index is 429. The quantitative estimate of drug-likeness (QED) is 0.763. The molecule has 0 saturated carbocycles. The van der Waals surface area contributed by atoms with Crippen LogP contribution in [0.5, 0.6) is 0 Å². The van der Waals surface area contributed by atoms with E-state index in [2.05, 4.69) is 25.8 Å². The molecule has 0 amide bonds. The number of hydrogen-bond donors (Lipinski definition) is 1. The predicted octanol–water partition coefficient (Wildman–Crippen LogP) is 4.26. The number of fused-ring (bicyclic) bond motifs is 1. The standard InChI is InChI=1S/C13H17Cl2N/c1-7(2)4-9-8(3)16-13-6-12(15)11(14)5-10(9)13/h5,7,12,16H,4,6H2,1-3H3. The van der Waals surface area contributed by atoms with Crippen LogP contribution in [-0.2, 0) is 12.8 Å². The molecule has 0 radical (unpaired) electrons. The van der Waals surface area contributed by atoms with Gasteiger partial charge < -0.3 is 4.98 Å². The number of nitrogens with one attached hydrogen (secondary N) is 1. The lowest BCUT2D eigenvalue weighted by Crippen LogP contribution is -2.10. The van der Waals surface area contributed by atoms with Crippen molar-refractivity contribution in [3.05, 3.63) is 27.5 Å². The molecule has 1 aromatic rings. The first kappa shape index (κ1) is 12.1. The first-order valence-corrected chi connectivity index (χ1v) is 6.52. The lowest BCUT2D eigenvalue weighted by atomic mass is 9.95. The molecule has 1 aromatic heterocycles. The summed E-state index contributed by atoms with van der Waals surface area (Å²) in [6, 6.07) is 0.